The van der Waals surface area contributed by atoms with E-state index >= 15 is 0 Å². The Morgan fingerprint density at radius 1 is 1.35 bits per heavy atom. The van der Waals surface area contributed by atoms with E-state index in [0.29, 0.717) is 17.8 Å². The average molecular weight is 315 g/mol. The summed E-state index contributed by atoms with van der Waals surface area (Å²) in [5, 5.41) is 3.32. The van der Waals surface area contributed by atoms with Gasteiger partial charge in [0.2, 0.25) is 5.91 Å². The van der Waals surface area contributed by atoms with Crippen LogP contribution in [0.5, 0.6) is 0 Å². The van der Waals surface area contributed by atoms with Crippen molar-refractivity contribution in [1.82, 2.24) is 15.2 Å². The number of hydrogen-bond donors (Lipinski definition) is 1. The Hall–Kier alpha value is -1.42. The molecule has 1 aliphatic carbocycles. The standard InChI is InChI=1S/C19H29N3O/c1-14(2)17-12-22(11-16-8-3-4-9-20-16)13-18(17)21-19(23)10-15-6-5-7-15/h3-4,8-9,14-15,17-18H,5-7,10-13H2,1-2H3,(H,21,23)/t17-,18+/m0/s1. The van der Waals surface area contributed by atoms with E-state index in [0.717, 1.165) is 31.7 Å². The summed E-state index contributed by atoms with van der Waals surface area (Å²) in [7, 11) is 0. The molecule has 1 amide bonds. The lowest BCUT2D eigenvalue weighted by molar-refractivity contribution is -0.123. The largest absolute Gasteiger partial charge is 0.352 e. The molecule has 23 heavy (non-hydrogen) atoms. The Morgan fingerprint density at radius 2 is 2.17 bits per heavy atom. The molecule has 2 aliphatic rings. The fraction of sp³-hybridized carbons (Fsp3) is 0.684. The van der Waals surface area contributed by atoms with E-state index in [-0.39, 0.29) is 11.9 Å². The molecule has 0 spiro atoms. The van der Waals surface area contributed by atoms with Gasteiger partial charge in [-0.2, -0.15) is 0 Å². The van der Waals surface area contributed by atoms with Crippen LogP contribution in [0, 0.1) is 17.8 Å². The van der Waals surface area contributed by atoms with Crippen LogP contribution in [0.15, 0.2) is 24.4 Å². The summed E-state index contributed by atoms with van der Waals surface area (Å²) >= 11 is 0. The summed E-state index contributed by atoms with van der Waals surface area (Å²) in [5.74, 6) is 2.00. The quantitative estimate of drug-likeness (QED) is 0.878. The number of rotatable bonds is 6. The fourth-order valence-corrected chi connectivity index (χ4v) is 3.82. The number of aromatic nitrogens is 1. The second-order valence-electron chi connectivity index (χ2n) is 7.60. The van der Waals surface area contributed by atoms with Crippen molar-refractivity contribution in [3.63, 3.8) is 0 Å². The van der Waals surface area contributed by atoms with Crippen molar-refractivity contribution in [3.05, 3.63) is 30.1 Å². The first-order valence-electron chi connectivity index (χ1n) is 9.03. The molecule has 2 heterocycles. The first-order chi connectivity index (χ1) is 11.1. The minimum atomic E-state index is 0.255. The zero-order chi connectivity index (χ0) is 16.2. The maximum atomic E-state index is 12.3. The number of nitrogens with zero attached hydrogens (tertiary/aromatic N) is 2. The lowest BCUT2D eigenvalue weighted by Crippen LogP contribution is -2.42. The Balaban J connectivity index is 1.56. The number of pyridine rings is 1. The average Bonchev–Trinajstić information content (AvgIpc) is 2.87. The third-order valence-corrected chi connectivity index (χ3v) is 5.45. The van der Waals surface area contributed by atoms with E-state index < -0.39 is 0 Å². The number of carbonyl (C=O) groups is 1. The molecule has 1 aliphatic heterocycles. The molecule has 0 radical (unpaired) electrons. The van der Waals surface area contributed by atoms with E-state index in [1.807, 2.05) is 18.3 Å². The van der Waals surface area contributed by atoms with E-state index in [2.05, 4.69) is 35.1 Å². The van der Waals surface area contributed by atoms with E-state index in [1.165, 1.54) is 19.3 Å². The van der Waals surface area contributed by atoms with Crippen molar-refractivity contribution in [1.29, 1.82) is 0 Å². The summed E-state index contributed by atoms with van der Waals surface area (Å²) in [4.78, 5) is 19.2. The van der Waals surface area contributed by atoms with Gasteiger partial charge in [-0.25, -0.2) is 0 Å². The molecule has 1 aromatic rings. The van der Waals surface area contributed by atoms with Crippen LogP contribution >= 0.6 is 0 Å². The second kappa shape index (κ2) is 7.43. The molecule has 1 N–H and O–H groups in total. The Labute approximate surface area is 139 Å². The lowest BCUT2D eigenvalue weighted by Gasteiger charge is -2.27. The summed E-state index contributed by atoms with van der Waals surface area (Å²) in [6, 6.07) is 6.35. The zero-order valence-corrected chi connectivity index (χ0v) is 14.4. The highest BCUT2D eigenvalue weighted by atomic mass is 16.1. The van der Waals surface area contributed by atoms with Crippen LogP contribution in [0.1, 0.15) is 45.2 Å². The maximum Gasteiger partial charge on any atom is 0.220 e. The minimum absolute atomic E-state index is 0.255. The summed E-state index contributed by atoms with van der Waals surface area (Å²) < 4.78 is 0. The van der Waals surface area contributed by atoms with Crippen molar-refractivity contribution in [2.75, 3.05) is 13.1 Å². The SMILES string of the molecule is CC(C)[C@@H]1CN(Cc2ccccn2)C[C@H]1NC(=O)CC1CCC1. The molecule has 0 unspecified atom stereocenters. The minimum Gasteiger partial charge on any atom is -0.352 e. The third-order valence-electron chi connectivity index (χ3n) is 5.45. The molecule has 126 valence electrons. The predicted octanol–water partition coefficient (Wildman–Crippen LogP) is 2.84. The molecule has 3 rings (SSSR count). The van der Waals surface area contributed by atoms with Gasteiger partial charge in [-0.15, -0.1) is 0 Å². The number of nitrogens with one attached hydrogen (secondary N) is 1. The molecular weight excluding hydrogens is 286 g/mol. The number of hydrogen-bond acceptors (Lipinski definition) is 3. The van der Waals surface area contributed by atoms with E-state index in [1.54, 1.807) is 0 Å². The Bertz CT molecular complexity index is 513. The molecular formula is C19H29N3O. The van der Waals surface area contributed by atoms with Gasteiger partial charge in [0.25, 0.3) is 0 Å². The Morgan fingerprint density at radius 3 is 2.78 bits per heavy atom. The van der Waals surface area contributed by atoms with Gasteiger partial charge in [0, 0.05) is 38.3 Å². The van der Waals surface area contributed by atoms with Gasteiger partial charge in [-0.1, -0.05) is 26.3 Å². The summed E-state index contributed by atoms with van der Waals surface area (Å²) in [6.07, 6.45) is 6.34. The zero-order valence-electron chi connectivity index (χ0n) is 14.4. The highest BCUT2D eigenvalue weighted by Crippen LogP contribution is 2.30. The van der Waals surface area contributed by atoms with Gasteiger partial charge < -0.3 is 5.32 Å². The van der Waals surface area contributed by atoms with Crippen molar-refractivity contribution >= 4 is 5.91 Å². The fourth-order valence-electron chi connectivity index (χ4n) is 3.82. The van der Waals surface area contributed by atoms with Gasteiger partial charge in [-0.3, -0.25) is 14.7 Å². The number of amides is 1. The molecule has 1 aromatic heterocycles. The van der Waals surface area contributed by atoms with Crippen LogP contribution in [0.4, 0.5) is 0 Å². The van der Waals surface area contributed by atoms with Crippen molar-refractivity contribution in [3.8, 4) is 0 Å². The van der Waals surface area contributed by atoms with Crippen LogP contribution in [0.2, 0.25) is 0 Å². The van der Waals surface area contributed by atoms with Gasteiger partial charge in [0.1, 0.15) is 0 Å². The molecule has 1 saturated carbocycles. The third kappa shape index (κ3) is 4.31. The van der Waals surface area contributed by atoms with Crippen LogP contribution in [-0.4, -0.2) is 34.9 Å². The highest BCUT2D eigenvalue weighted by molar-refractivity contribution is 5.76. The van der Waals surface area contributed by atoms with Crippen molar-refractivity contribution in [2.24, 2.45) is 17.8 Å². The van der Waals surface area contributed by atoms with Gasteiger partial charge >= 0.3 is 0 Å². The van der Waals surface area contributed by atoms with Crippen molar-refractivity contribution in [2.45, 2.75) is 52.1 Å². The summed E-state index contributed by atoms with van der Waals surface area (Å²) in [6.45, 7) is 7.39. The summed E-state index contributed by atoms with van der Waals surface area (Å²) in [5.41, 5.74) is 1.11. The molecule has 4 heteroatoms. The molecule has 1 saturated heterocycles. The first-order valence-corrected chi connectivity index (χ1v) is 9.03. The second-order valence-corrected chi connectivity index (χ2v) is 7.60. The van der Waals surface area contributed by atoms with Gasteiger partial charge in [0.15, 0.2) is 0 Å². The molecule has 4 nitrogen and oxygen atoms in total. The van der Waals surface area contributed by atoms with Gasteiger partial charge in [-0.05, 0) is 42.7 Å². The smallest absolute Gasteiger partial charge is 0.220 e. The number of likely N-dealkylation sites (tertiary alicyclic amines) is 1. The molecule has 0 aromatic carbocycles. The number of carbonyl (C=O) groups excluding carboxylic acids is 1. The van der Waals surface area contributed by atoms with Crippen LogP contribution in [0.3, 0.4) is 0 Å². The van der Waals surface area contributed by atoms with Gasteiger partial charge in [0.05, 0.1) is 5.69 Å². The maximum absolute atomic E-state index is 12.3. The van der Waals surface area contributed by atoms with Crippen LogP contribution in [0.25, 0.3) is 0 Å². The van der Waals surface area contributed by atoms with Crippen molar-refractivity contribution < 1.29 is 4.79 Å². The monoisotopic (exact) mass is 315 g/mol. The normalized spacial score (nSPS) is 25.5. The highest BCUT2D eigenvalue weighted by Gasteiger charge is 2.36. The van der Waals surface area contributed by atoms with E-state index in [4.69, 9.17) is 0 Å². The Kier molecular flexibility index (Phi) is 5.31. The predicted molar refractivity (Wildman–Crippen MR) is 91.7 cm³/mol. The molecule has 2 fully saturated rings. The first kappa shape index (κ1) is 16.4. The van der Waals surface area contributed by atoms with Crippen LogP contribution < -0.4 is 5.32 Å². The molecule has 0 bridgehead atoms. The van der Waals surface area contributed by atoms with E-state index in [9.17, 15) is 4.79 Å². The lowest BCUT2D eigenvalue weighted by atomic mass is 9.82. The molecule has 2 atom stereocenters. The van der Waals surface area contributed by atoms with Crippen LogP contribution in [-0.2, 0) is 11.3 Å². The topological polar surface area (TPSA) is 45.2 Å².